The smallest absolute Gasteiger partial charge is 0.255 e. The van der Waals surface area contributed by atoms with Gasteiger partial charge < -0.3 is 15.0 Å². The summed E-state index contributed by atoms with van der Waals surface area (Å²) in [6.45, 7) is 2.40. The fourth-order valence-electron chi connectivity index (χ4n) is 4.88. The van der Waals surface area contributed by atoms with Crippen LogP contribution >= 0.6 is 23.2 Å². The normalized spacial score (nSPS) is 18.2. The Hall–Kier alpha value is -2.28. The Morgan fingerprint density at radius 2 is 1.67 bits per heavy atom. The van der Waals surface area contributed by atoms with Crippen LogP contribution in [0.25, 0.3) is 0 Å². The van der Waals surface area contributed by atoms with Crippen LogP contribution in [0.5, 0.6) is 5.75 Å². The molecular formula is C25H29Cl2N3O3. The number of piperazine rings is 1. The number of hydrogen-bond acceptors (Lipinski definition) is 4. The molecule has 2 amide bonds. The van der Waals surface area contributed by atoms with Crippen molar-refractivity contribution in [3.8, 4) is 5.75 Å². The molecule has 2 aromatic carbocycles. The lowest BCUT2D eigenvalue weighted by Gasteiger charge is -2.40. The highest BCUT2D eigenvalue weighted by atomic mass is 35.5. The summed E-state index contributed by atoms with van der Waals surface area (Å²) in [6.07, 6.45) is 4.43. The summed E-state index contributed by atoms with van der Waals surface area (Å²) in [6, 6.07) is 12.1. The van der Waals surface area contributed by atoms with Gasteiger partial charge in [0, 0.05) is 36.9 Å². The van der Waals surface area contributed by atoms with Crippen molar-refractivity contribution in [3.05, 3.63) is 58.1 Å². The van der Waals surface area contributed by atoms with E-state index < -0.39 is 0 Å². The van der Waals surface area contributed by atoms with E-state index in [0.717, 1.165) is 37.1 Å². The molecule has 1 saturated carbocycles. The Bertz CT molecular complexity index is 985. The van der Waals surface area contributed by atoms with Gasteiger partial charge in [-0.2, -0.15) is 0 Å². The number of benzene rings is 2. The molecule has 1 atom stereocenters. The van der Waals surface area contributed by atoms with Gasteiger partial charge in [-0.05, 0) is 61.2 Å². The van der Waals surface area contributed by atoms with E-state index in [1.54, 1.807) is 30.2 Å². The molecule has 0 radical (unpaired) electrons. The summed E-state index contributed by atoms with van der Waals surface area (Å²) in [5.74, 6) is 1.00. The zero-order valence-corrected chi connectivity index (χ0v) is 20.2. The van der Waals surface area contributed by atoms with Crippen molar-refractivity contribution in [2.75, 3.05) is 38.6 Å². The molecule has 6 nitrogen and oxygen atoms in total. The largest absolute Gasteiger partial charge is 0.497 e. The second-order valence-corrected chi connectivity index (χ2v) is 9.50. The molecule has 2 aliphatic rings. The van der Waals surface area contributed by atoms with Gasteiger partial charge in [-0.15, -0.1) is 0 Å². The maximum atomic E-state index is 13.4. The number of methoxy groups -OCH3 is 1. The van der Waals surface area contributed by atoms with Crippen LogP contribution in [-0.2, 0) is 4.79 Å². The lowest BCUT2D eigenvalue weighted by Crippen LogP contribution is -2.57. The van der Waals surface area contributed by atoms with Gasteiger partial charge in [-0.3, -0.25) is 14.5 Å². The second kappa shape index (κ2) is 10.8. The number of nitrogens with one attached hydrogen (secondary N) is 1. The molecule has 1 N–H and O–H groups in total. The van der Waals surface area contributed by atoms with Crippen LogP contribution in [0.3, 0.4) is 0 Å². The number of amides is 2. The van der Waals surface area contributed by atoms with Gasteiger partial charge >= 0.3 is 0 Å². The Balaban J connectivity index is 1.43. The van der Waals surface area contributed by atoms with Crippen molar-refractivity contribution in [3.63, 3.8) is 0 Å². The number of carbonyl (C=O) groups is 2. The van der Waals surface area contributed by atoms with E-state index in [9.17, 15) is 9.59 Å². The first-order valence-corrected chi connectivity index (χ1v) is 12.1. The van der Waals surface area contributed by atoms with Crippen molar-refractivity contribution in [2.45, 2.75) is 31.7 Å². The van der Waals surface area contributed by atoms with Crippen molar-refractivity contribution in [2.24, 2.45) is 5.92 Å². The molecule has 1 aliphatic carbocycles. The molecule has 33 heavy (non-hydrogen) atoms. The van der Waals surface area contributed by atoms with Gasteiger partial charge in [0.05, 0.1) is 23.7 Å². The van der Waals surface area contributed by atoms with Gasteiger partial charge in [0.1, 0.15) is 5.75 Å². The van der Waals surface area contributed by atoms with E-state index >= 15 is 0 Å². The highest BCUT2D eigenvalue weighted by Crippen LogP contribution is 2.32. The SMILES string of the molecule is COc1ccc(NC(=O)C(C2CCCC2)N2CCN(C(=O)c3ccc(Cl)cc3Cl)CC2)cc1. The van der Waals surface area contributed by atoms with Crippen LogP contribution in [0.2, 0.25) is 10.0 Å². The molecule has 2 aromatic rings. The van der Waals surface area contributed by atoms with Gasteiger partial charge in [0.2, 0.25) is 5.91 Å². The number of ether oxygens (including phenoxy) is 1. The number of carbonyl (C=O) groups excluding carboxylic acids is 2. The highest BCUT2D eigenvalue weighted by molar-refractivity contribution is 6.36. The third-order valence-corrected chi connectivity index (χ3v) is 7.18. The average Bonchev–Trinajstić information content (AvgIpc) is 3.34. The molecule has 4 rings (SSSR count). The van der Waals surface area contributed by atoms with Crippen molar-refractivity contribution < 1.29 is 14.3 Å². The zero-order valence-electron chi connectivity index (χ0n) is 18.7. The van der Waals surface area contributed by atoms with Gasteiger partial charge in [-0.25, -0.2) is 0 Å². The van der Waals surface area contributed by atoms with Gasteiger partial charge in [0.15, 0.2) is 0 Å². The summed E-state index contributed by atoms with van der Waals surface area (Å²) < 4.78 is 5.20. The van der Waals surface area contributed by atoms with E-state index in [2.05, 4.69) is 10.2 Å². The maximum absolute atomic E-state index is 13.4. The molecular weight excluding hydrogens is 461 g/mol. The van der Waals surface area contributed by atoms with Gasteiger partial charge in [0.25, 0.3) is 5.91 Å². The average molecular weight is 490 g/mol. The molecule has 1 heterocycles. The van der Waals surface area contributed by atoms with Crippen LogP contribution in [-0.4, -0.2) is 60.9 Å². The first-order chi connectivity index (χ1) is 16.0. The van der Waals surface area contributed by atoms with E-state index in [-0.39, 0.29) is 17.9 Å². The topological polar surface area (TPSA) is 61.9 Å². The summed E-state index contributed by atoms with van der Waals surface area (Å²) in [4.78, 5) is 30.4. The minimum absolute atomic E-state index is 0.0209. The Kier molecular flexibility index (Phi) is 7.78. The van der Waals surface area contributed by atoms with Crippen LogP contribution in [0.1, 0.15) is 36.0 Å². The number of anilines is 1. The number of hydrogen-bond donors (Lipinski definition) is 1. The zero-order chi connectivity index (χ0) is 23.4. The lowest BCUT2D eigenvalue weighted by atomic mass is 9.94. The summed E-state index contributed by atoms with van der Waals surface area (Å²) in [7, 11) is 1.62. The highest BCUT2D eigenvalue weighted by Gasteiger charge is 2.37. The third-order valence-electron chi connectivity index (χ3n) is 6.63. The quantitative estimate of drug-likeness (QED) is 0.622. The predicted molar refractivity (Wildman–Crippen MR) is 131 cm³/mol. The van der Waals surface area contributed by atoms with Crippen molar-refractivity contribution in [1.29, 1.82) is 0 Å². The summed E-state index contributed by atoms with van der Waals surface area (Å²) >= 11 is 12.2. The molecule has 0 bridgehead atoms. The Morgan fingerprint density at radius 1 is 1.00 bits per heavy atom. The molecule has 1 unspecified atom stereocenters. The molecule has 0 spiro atoms. The molecule has 0 aromatic heterocycles. The maximum Gasteiger partial charge on any atom is 0.255 e. The van der Waals surface area contributed by atoms with E-state index in [0.29, 0.717) is 47.7 Å². The predicted octanol–water partition coefficient (Wildman–Crippen LogP) is 4.96. The Morgan fingerprint density at radius 3 is 2.27 bits per heavy atom. The van der Waals surface area contributed by atoms with Gasteiger partial charge in [-0.1, -0.05) is 36.0 Å². The van der Waals surface area contributed by atoms with E-state index in [1.807, 2.05) is 24.3 Å². The molecule has 2 fully saturated rings. The van der Waals surface area contributed by atoms with Crippen molar-refractivity contribution >= 4 is 40.7 Å². The molecule has 1 saturated heterocycles. The summed E-state index contributed by atoms with van der Waals surface area (Å²) in [5, 5.41) is 3.96. The van der Waals surface area contributed by atoms with Crippen LogP contribution in [0.15, 0.2) is 42.5 Å². The number of halogens is 2. The van der Waals surface area contributed by atoms with Crippen LogP contribution in [0.4, 0.5) is 5.69 Å². The fourth-order valence-corrected chi connectivity index (χ4v) is 5.37. The van der Waals surface area contributed by atoms with E-state index in [4.69, 9.17) is 27.9 Å². The number of nitrogens with zero attached hydrogens (tertiary/aromatic N) is 2. The first kappa shape index (κ1) is 23.9. The summed E-state index contributed by atoms with van der Waals surface area (Å²) in [5.41, 5.74) is 1.22. The first-order valence-electron chi connectivity index (χ1n) is 11.4. The van der Waals surface area contributed by atoms with Crippen LogP contribution < -0.4 is 10.1 Å². The third kappa shape index (κ3) is 5.62. The monoisotopic (exact) mass is 489 g/mol. The lowest BCUT2D eigenvalue weighted by molar-refractivity contribution is -0.123. The number of rotatable bonds is 6. The minimum atomic E-state index is -0.203. The fraction of sp³-hybridized carbons (Fsp3) is 0.440. The Labute approximate surface area is 204 Å². The molecule has 1 aliphatic heterocycles. The van der Waals surface area contributed by atoms with E-state index in [1.165, 1.54) is 0 Å². The molecule has 8 heteroatoms. The molecule has 176 valence electrons. The van der Waals surface area contributed by atoms with Crippen molar-refractivity contribution in [1.82, 2.24) is 9.80 Å². The second-order valence-electron chi connectivity index (χ2n) is 8.66. The minimum Gasteiger partial charge on any atom is -0.497 e. The van der Waals surface area contributed by atoms with Crippen LogP contribution in [0, 0.1) is 5.92 Å². The standard InChI is InChI=1S/C25H29Cl2N3O3/c1-33-20-9-7-19(8-10-20)28-24(31)23(17-4-2-3-5-17)29-12-14-30(15-13-29)25(32)21-11-6-18(26)16-22(21)27/h6-11,16-17,23H,2-5,12-15H2,1H3,(H,28,31).